The Bertz CT molecular complexity index is 475. The van der Waals surface area contributed by atoms with E-state index in [0.717, 1.165) is 11.3 Å². The third-order valence-electron chi connectivity index (χ3n) is 3.20. The first-order valence-corrected chi connectivity index (χ1v) is 8.23. The number of benzene rings is 1. The van der Waals surface area contributed by atoms with Crippen molar-refractivity contribution in [2.24, 2.45) is 11.7 Å². The molecule has 1 aromatic carbocycles. The summed E-state index contributed by atoms with van der Waals surface area (Å²) >= 11 is 0. The highest BCUT2D eigenvalue weighted by Crippen LogP contribution is 2.13. The fraction of sp³-hybridized carbons (Fsp3) is 0.611. The summed E-state index contributed by atoms with van der Waals surface area (Å²) in [5.41, 5.74) is 7.64. The minimum Gasteiger partial charge on any atom is -0.376 e. The van der Waals surface area contributed by atoms with E-state index in [2.05, 4.69) is 5.32 Å². The van der Waals surface area contributed by atoms with Gasteiger partial charge < -0.3 is 20.5 Å². The molecule has 0 fully saturated rings. The van der Waals surface area contributed by atoms with Crippen LogP contribution in [0.1, 0.15) is 39.7 Å². The zero-order valence-corrected chi connectivity index (χ0v) is 14.7. The van der Waals surface area contributed by atoms with Crippen molar-refractivity contribution in [3.05, 3.63) is 29.8 Å². The standard InChI is InChI=1S/C18H30N2O3/c1-13(2)10-17(19)18(21)20-16-7-5-6-15(11-16)12-22-8-9-23-14(3)4/h5-7,11,13-14,17H,8-10,12,19H2,1-4H3,(H,20,21)/t17-/m0/s1. The van der Waals surface area contributed by atoms with Gasteiger partial charge in [0.05, 0.1) is 32.0 Å². The Hall–Kier alpha value is -1.43. The minimum absolute atomic E-state index is 0.151. The maximum absolute atomic E-state index is 12.0. The van der Waals surface area contributed by atoms with Gasteiger partial charge in [0.1, 0.15) is 0 Å². The molecule has 130 valence electrons. The van der Waals surface area contributed by atoms with Gasteiger partial charge >= 0.3 is 0 Å². The fourth-order valence-corrected chi connectivity index (χ4v) is 2.12. The molecule has 0 heterocycles. The molecule has 23 heavy (non-hydrogen) atoms. The summed E-state index contributed by atoms with van der Waals surface area (Å²) in [5.74, 6) is 0.241. The van der Waals surface area contributed by atoms with E-state index in [4.69, 9.17) is 15.2 Å². The Morgan fingerprint density at radius 3 is 2.61 bits per heavy atom. The van der Waals surface area contributed by atoms with Crippen molar-refractivity contribution in [1.29, 1.82) is 0 Å². The lowest BCUT2D eigenvalue weighted by molar-refractivity contribution is -0.117. The number of anilines is 1. The summed E-state index contributed by atoms with van der Waals surface area (Å²) in [6.07, 6.45) is 0.886. The summed E-state index contributed by atoms with van der Waals surface area (Å²) in [6, 6.07) is 7.14. The van der Waals surface area contributed by atoms with Gasteiger partial charge in [0, 0.05) is 5.69 Å². The summed E-state index contributed by atoms with van der Waals surface area (Å²) in [4.78, 5) is 12.0. The summed E-state index contributed by atoms with van der Waals surface area (Å²) in [6.45, 7) is 9.71. The van der Waals surface area contributed by atoms with E-state index in [-0.39, 0.29) is 12.0 Å². The first-order chi connectivity index (χ1) is 10.9. The van der Waals surface area contributed by atoms with Crippen LogP contribution in [0.5, 0.6) is 0 Å². The molecule has 0 aliphatic carbocycles. The molecule has 5 nitrogen and oxygen atoms in total. The van der Waals surface area contributed by atoms with Crippen LogP contribution >= 0.6 is 0 Å². The quantitative estimate of drug-likeness (QED) is 0.650. The van der Waals surface area contributed by atoms with Crippen molar-refractivity contribution in [2.45, 2.75) is 52.9 Å². The molecule has 1 aromatic rings. The van der Waals surface area contributed by atoms with E-state index < -0.39 is 6.04 Å². The molecule has 0 spiro atoms. The average Bonchev–Trinajstić information content (AvgIpc) is 2.46. The highest BCUT2D eigenvalue weighted by atomic mass is 16.5. The van der Waals surface area contributed by atoms with Gasteiger partial charge in [0.2, 0.25) is 5.91 Å². The van der Waals surface area contributed by atoms with Crippen molar-refractivity contribution >= 4 is 11.6 Å². The van der Waals surface area contributed by atoms with Crippen LogP contribution in [-0.2, 0) is 20.9 Å². The zero-order chi connectivity index (χ0) is 17.2. The van der Waals surface area contributed by atoms with Crippen molar-refractivity contribution < 1.29 is 14.3 Å². The molecule has 0 saturated heterocycles. The smallest absolute Gasteiger partial charge is 0.241 e. The highest BCUT2D eigenvalue weighted by Gasteiger charge is 2.15. The Morgan fingerprint density at radius 2 is 1.96 bits per heavy atom. The van der Waals surface area contributed by atoms with E-state index in [1.165, 1.54) is 0 Å². The third kappa shape index (κ3) is 8.69. The Kier molecular flexibility index (Phi) is 8.84. The Labute approximate surface area is 139 Å². The molecule has 1 amide bonds. The van der Waals surface area contributed by atoms with Crippen LogP contribution in [0.4, 0.5) is 5.69 Å². The van der Waals surface area contributed by atoms with Crippen molar-refractivity contribution in [1.82, 2.24) is 0 Å². The lowest BCUT2D eigenvalue weighted by Gasteiger charge is -2.14. The van der Waals surface area contributed by atoms with Gasteiger partial charge in [0.25, 0.3) is 0 Å². The first-order valence-electron chi connectivity index (χ1n) is 8.23. The molecular weight excluding hydrogens is 292 g/mol. The molecule has 0 bridgehead atoms. The summed E-state index contributed by atoms with van der Waals surface area (Å²) in [7, 11) is 0. The maximum atomic E-state index is 12.0. The van der Waals surface area contributed by atoms with Crippen LogP contribution in [-0.4, -0.2) is 31.3 Å². The van der Waals surface area contributed by atoms with Gasteiger partial charge in [-0.25, -0.2) is 0 Å². The number of rotatable bonds is 10. The molecule has 0 aliphatic heterocycles. The monoisotopic (exact) mass is 322 g/mol. The van der Waals surface area contributed by atoms with Crippen LogP contribution in [0.15, 0.2) is 24.3 Å². The van der Waals surface area contributed by atoms with E-state index in [1.807, 2.05) is 52.0 Å². The third-order valence-corrected chi connectivity index (χ3v) is 3.20. The summed E-state index contributed by atoms with van der Waals surface area (Å²) in [5, 5.41) is 2.86. The van der Waals surface area contributed by atoms with Gasteiger partial charge in [-0.15, -0.1) is 0 Å². The van der Waals surface area contributed by atoms with Crippen molar-refractivity contribution in [3.63, 3.8) is 0 Å². The minimum atomic E-state index is -0.483. The molecule has 3 N–H and O–H groups in total. The second kappa shape index (κ2) is 10.4. The summed E-state index contributed by atoms with van der Waals surface area (Å²) < 4.78 is 11.0. The molecular formula is C18H30N2O3. The molecule has 0 saturated carbocycles. The molecule has 0 aliphatic rings. The second-order valence-corrected chi connectivity index (χ2v) is 6.40. The lowest BCUT2D eigenvalue weighted by atomic mass is 10.0. The van der Waals surface area contributed by atoms with Crippen LogP contribution in [0, 0.1) is 5.92 Å². The lowest BCUT2D eigenvalue weighted by Crippen LogP contribution is -2.36. The van der Waals surface area contributed by atoms with Crippen LogP contribution < -0.4 is 11.1 Å². The molecule has 5 heteroatoms. The number of amides is 1. The van der Waals surface area contributed by atoms with E-state index in [0.29, 0.717) is 32.2 Å². The molecule has 1 atom stereocenters. The first kappa shape index (κ1) is 19.6. The van der Waals surface area contributed by atoms with Gasteiger partial charge in [0.15, 0.2) is 0 Å². The molecule has 1 rings (SSSR count). The van der Waals surface area contributed by atoms with Gasteiger partial charge in [-0.1, -0.05) is 26.0 Å². The number of carbonyl (C=O) groups excluding carboxylic acids is 1. The predicted octanol–water partition coefficient (Wildman–Crippen LogP) is 2.94. The number of hydrogen-bond acceptors (Lipinski definition) is 4. The Balaban J connectivity index is 2.42. The molecule has 0 radical (unpaired) electrons. The predicted molar refractivity (Wildman–Crippen MR) is 93.2 cm³/mol. The number of nitrogens with one attached hydrogen (secondary N) is 1. The number of hydrogen-bond donors (Lipinski definition) is 2. The van der Waals surface area contributed by atoms with Gasteiger partial charge in [-0.05, 0) is 43.9 Å². The molecule has 0 aromatic heterocycles. The zero-order valence-electron chi connectivity index (χ0n) is 14.7. The molecule has 0 unspecified atom stereocenters. The average molecular weight is 322 g/mol. The van der Waals surface area contributed by atoms with E-state index in [1.54, 1.807) is 0 Å². The highest BCUT2D eigenvalue weighted by molar-refractivity contribution is 5.94. The normalized spacial score (nSPS) is 12.7. The van der Waals surface area contributed by atoms with Crippen molar-refractivity contribution in [3.8, 4) is 0 Å². The number of ether oxygens (including phenoxy) is 2. The Morgan fingerprint density at radius 1 is 1.22 bits per heavy atom. The topological polar surface area (TPSA) is 73.6 Å². The van der Waals surface area contributed by atoms with E-state index >= 15 is 0 Å². The van der Waals surface area contributed by atoms with Crippen LogP contribution in [0.2, 0.25) is 0 Å². The number of carbonyl (C=O) groups is 1. The number of nitrogens with two attached hydrogens (primary N) is 1. The maximum Gasteiger partial charge on any atom is 0.241 e. The van der Waals surface area contributed by atoms with Crippen molar-refractivity contribution in [2.75, 3.05) is 18.5 Å². The largest absolute Gasteiger partial charge is 0.376 e. The fourth-order valence-electron chi connectivity index (χ4n) is 2.12. The van der Waals surface area contributed by atoms with Gasteiger partial charge in [-0.2, -0.15) is 0 Å². The van der Waals surface area contributed by atoms with E-state index in [9.17, 15) is 4.79 Å². The van der Waals surface area contributed by atoms with Crippen LogP contribution in [0.3, 0.4) is 0 Å². The SMILES string of the molecule is CC(C)C[C@H](N)C(=O)Nc1cccc(COCCOC(C)C)c1. The van der Waals surface area contributed by atoms with Gasteiger partial charge in [-0.3, -0.25) is 4.79 Å². The second-order valence-electron chi connectivity index (χ2n) is 6.40. The van der Waals surface area contributed by atoms with Crippen LogP contribution in [0.25, 0.3) is 0 Å².